The van der Waals surface area contributed by atoms with Crippen LogP contribution < -0.4 is 5.32 Å². The predicted octanol–water partition coefficient (Wildman–Crippen LogP) is 2.95. The molecule has 0 aliphatic carbocycles. The van der Waals surface area contributed by atoms with E-state index in [1.807, 2.05) is 24.4 Å². The van der Waals surface area contributed by atoms with Gasteiger partial charge in [0.2, 0.25) is 0 Å². The van der Waals surface area contributed by atoms with Crippen molar-refractivity contribution in [2.75, 3.05) is 11.9 Å². The Hall–Kier alpha value is -1.42. The molecule has 0 radical (unpaired) electrons. The third-order valence-corrected chi connectivity index (χ3v) is 3.79. The Labute approximate surface area is 98.6 Å². The average Bonchev–Trinajstić information content (AvgIpc) is 2.62. The molecule has 0 atom stereocenters. The molecule has 0 unspecified atom stereocenters. The second-order valence-corrected chi connectivity index (χ2v) is 4.89. The molecule has 0 amide bonds. The van der Waals surface area contributed by atoms with E-state index in [4.69, 9.17) is 0 Å². The van der Waals surface area contributed by atoms with Gasteiger partial charge in [-0.05, 0) is 31.4 Å². The Morgan fingerprint density at radius 2 is 2.25 bits per heavy atom. The number of aryl methyl sites for hydroxylation is 1. The molecule has 0 aromatic carbocycles. The molecule has 0 saturated heterocycles. The molecule has 0 fully saturated rings. The summed E-state index contributed by atoms with van der Waals surface area (Å²) in [6, 6.07) is 5.95. The lowest BCUT2D eigenvalue weighted by molar-refractivity contribution is 0.775. The van der Waals surface area contributed by atoms with Gasteiger partial charge >= 0.3 is 0 Å². The fourth-order valence-electron chi connectivity index (χ4n) is 1.88. The van der Waals surface area contributed by atoms with Crippen LogP contribution in [0.4, 0.5) is 5.00 Å². The van der Waals surface area contributed by atoms with Crippen LogP contribution in [0.1, 0.15) is 18.5 Å². The van der Waals surface area contributed by atoms with Crippen LogP contribution in [0, 0.1) is 0 Å². The number of pyridine rings is 1. The normalized spacial score (nSPS) is 15.0. The van der Waals surface area contributed by atoms with E-state index in [0.717, 1.165) is 23.7 Å². The fourth-order valence-corrected chi connectivity index (χ4v) is 2.89. The molecule has 2 aromatic heterocycles. The third-order valence-electron chi connectivity index (χ3n) is 2.71. The van der Waals surface area contributed by atoms with Crippen LogP contribution in [0.3, 0.4) is 0 Å². The molecule has 16 heavy (non-hydrogen) atoms. The minimum Gasteiger partial charge on any atom is -0.375 e. The van der Waals surface area contributed by atoms with E-state index in [9.17, 15) is 0 Å². The van der Waals surface area contributed by atoms with Gasteiger partial charge in [-0.1, -0.05) is 17.4 Å². The van der Waals surface area contributed by atoms with E-state index in [1.54, 1.807) is 11.3 Å². The summed E-state index contributed by atoms with van der Waals surface area (Å²) in [4.78, 5) is 9.01. The number of thiazole rings is 1. The first-order chi connectivity index (χ1) is 7.93. The summed E-state index contributed by atoms with van der Waals surface area (Å²) in [7, 11) is 0. The van der Waals surface area contributed by atoms with Crippen molar-refractivity contribution in [3.05, 3.63) is 30.1 Å². The molecule has 3 rings (SSSR count). The molecule has 3 heterocycles. The summed E-state index contributed by atoms with van der Waals surface area (Å²) in [5.74, 6) is 0. The summed E-state index contributed by atoms with van der Waals surface area (Å²) >= 11 is 1.72. The van der Waals surface area contributed by atoms with Gasteiger partial charge in [-0.3, -0.25) is 4.98 Å². The third kappa shape index (κ3) is 1.80. The lowest BCUT2D eigenvalue weighted by Gasteiger charge is -1.97. The highest BCUT2D eigenvalue weighted by atomic mass is 32.1. The Kier molecular flexibility index (Phi) is 2.58. The van der Waals surface area contributed by atoms with Crippen molar-refractivity contribution in [2.24, 2.45) is 0 Å². The predicted molar refractivity (Wildman–Crippen MR) is 66.8 cm³/mol. The average molecular weight is 231 g/mol. The van der Waals surface area contributed by atoms with Gasteiger partial charge in [-0.2, -0.15) is 0 Å². The zero-order valence-electron chi connectivity index (χ0n) is 8.94. The van der Waals surface area contributed by atoms with Crippen LogP contribution in [0.25, 0.3) is 10.7 Å². The minimum absolute atomic E-state index is 0.974. The van der Waals surface area contributed by atoms with Crippen molar-refractivity contribution in [1.29, 1.82) is 0 Å². The van der Waals surface area contributed by atoms with Crippen molar-refractivity contribution in [3.63, 3.8) is 0 Å². The first-order valence-corrected chi connectivity index (χ1v) is 6.40. The number of nitrogens with one attached hydrogen (secondary N) is 1. The van der Waals surface area contributed by atoms with Gasteiger partial charge in [0.15, 0.2) is 0 Å². The molecule has 3 nitrogen and oxygen atoms in total. The van der Waals surface area contributed by atoms with Crippen LogP contribution >= 0.6 is 11.3 Å². The SMILES string of the molecule is c1ccc(-c2nc3c(s2)NCCCC3)nc1. The summed E-state index contributed by atoms with van der Waals surface area (Å²) < 4.78 is 0. The Morgan fingerprint density at radius 1 is 1.25 bits per heavy atom. The van der Waals surface area contributed by atoms with Crippen LogP contribution in [-0.4, -0.2) is 16.5 Å². The fraction of sp³-hybridized carbons (Fsp3) is 0.333. The topological polar surface area (TPSA) is 37.8 Å². The van der Waals surface area contributed by atoms with Gasteiger partial charge in [0.1, 0.15) is 10.0 Å². The molecular formula is C12H13N3S. The maximum atomic E-state index is 4.67. The lowest BCUT2D eigenvalue weighted by atomic mass is 10.2. The smallest absolute Gasteiger partial charge is 0.144 e. The van der Waals surface area contributed by atoms with Crippen molar-refractivity contribution < 1.29 is 0 Å². The summed E-state index contributed by atoms with van der Waals surface area (Å²) in [6.07, 6.45) is 5.37. The number of hydrogen-bond donors (Lipinski definition) is 1. The van der Waals surface area contributed by atoms with E-state index in [-0.39, 0.29) is 0 Å². The second-order valence-electron chi connectivity index (χ2n) is 3.89. The van der Waals surface area contributed by atoms with Gasteiger partial charge in [0.25, 0.3) is 0 Å². The maximum Gasteiger partial charge on any atom is 0.144 e. The standard InChI is InChI=1S/C12H13N3S/c1-3-7-13-9(5-1)12-15-10-6-2-4-8-14-11(10)16-12/h1,3,5,7,14H,2,4,6,8H2. The van der Waals surface area contributed by atoms with Crippen molar-refractivity contribution in [3.8, 4) is 10.7 Å². The van der Waals surface area contributed by atoms with E-state index in [0.29, 0.717) is 0 Å². The molecule has 4 heteroatoms. The highest BCUT2D eigenvalue weighted by Gasteiger charge is 2.14. The van der Waals surface area contributed by atoms with E-state index < -0.39 is 0 Å². The van der Waals surface area contributed by atoms with Crippen molar-refractivity contribution in [1.82, 2.24) is 9.97 Å². The van der Waals surface area contributed by atoms with Crippen molar-refractivity contribution >= 4 is 16.3 Å². The first kappa shape index (κ1) is 9.78. The Balaban J connectivity index is 1.98. The quantitative estimate of drug-likeness (QED) is 0.820. The number of nitrogens with zero attached hydrogens (tertiary/aromatic N) is 2. The molecule has 0 saturated carbocycles. The number of hydrogen-bond acceptors (Lipinski definition) is 4. The Morgan fingerprint density at radius 3 is 3.12 bits per heavy atom. The van der Waals surface area contributed by atoms with Gasteiger partial charge in [0, 0.05) is 12.7 Å². The molecule has 1 aliphatic rings. The van der Waals surface area contributed by atoms with Crippen LogP contribution in [0.2, 0.25) is 0 Å². The molecule has 1 aliphatic heterocycles. The van der Waals surface area contributed by atoms with Gasteiger partial charge < -0.3 is 5.32 Å². The van der Waals surface area contributed by atoms with Gasteiger partial charge in [-0.15, -0.1) is 0 Å². The molecular weight excluding hydrogens is 218 g/mol. The number of rotatable bonds is 1. The highest BCUT2D eigenvalue weighted by molar-refractivity contribution is 7.19. The monoisotopic (exact) mass is 231 g/mol. The maximum absolute atomic E-state index is 4.67. The molecule has 0 bridgehead atoms. The zero-order chi connectivity index (χ0) is 10.8. The van der Waals surface area contributed by atoms with Gasteiger partial charge in [0.05, 0.1) is 11.4 Å². The van der Waals surface area contributed by atoms with E-state index in [1.165, 1.54) is 23.5 Å². The summed E-state index contributed by atoms with van der Waals surface area (Å²) in [5, 5.41) is 5.71. The minimum atomic E-state index is 0.974. The molecule has 1 N–H and O–H groups in total. The zero-order valence-corrected chi connectivity index (χ0v) is 9.76. The van der Waals surface area contributed by atoms with Crippen LogP contribution in [0.5, 0.6) is 0 Å². The summed E-state index contributed by atoms with van der Waals surface area (Å²) in [6.45, 7) is 1.07. The number of fused-ring (bicyclic) bond motifs is 1. The Bertz CT molecular complexity index is 455. The molecule has 82 valence electrons. The largest absolute Gasteiger partial charge is 0.375 e. The van der Waals surface area contributed by atoms with E-state index >= 15 is 0 Å². The van der Waals surface area contributed by atoms with Gasteiger partial charge in [-0.25, -0.2) is 4.98 Å². The highest BCUT2D eigenvalue weighted by Crippen LogP contribution is 2.33. The lowest BCUT2D eigenvalue weighted by Crippen LogP contribution is -1.96. The van der Waals surface area contributed by atoms with Crippen LogP contribution in [-0.2, 0) is 6.42 Å². The molecule has 0 spiro atoms. The van der Waals surface area contributed by atoms with E-state index in [2.05, 4.69) is 15.3 Å². The molecule has 2 aromatic rings. The van der Waals surface area contributed by atoms with Crippen LogP contribution in [0.15, 0.2) is 24.4 Å². The number of aromatic nitrogens is 2. The van der Waals surface area contributed by atoms with Crippen molar-refractivity contribution in [2.45, 2.75) is 19.3 Å². The summed E-state index contributed by atoms with van der Waals surface area (Å²) in [5.41, 5.74) is 2.19. The number of anilines is 1. The first-order valence-electron chi connectivity index (χ1n) is 5.58. The second kappa shape index (κ2) is 4.22.